The summed E-state index contributed by atoms with van der Waals surface area (Å²) in [5.74, 6) is -0.264. The number of methoxy groups -OCH3 is 1. The summed E-state index contributed by atoms with van der Waals surface area (Å²) in [6.45, 7) is 13.9. The number of carbonyl (C=O) groups is 1. The molecule has 0 aromatic rings. The molecule has 1 saturated heterocycles. The van der Waals surface area contributed by atoms with Gasteiger partial charge in [0.25, 0.3) is 0 Å². The molecule has 1 amide bonds. The fourth-order valence-electron chi connectivity index (χ4n) is 5.01. The van der Waals surface area contributed by atoms with E-state index in [1.165, 1.54) is 28.7 Å². The number of amides is 1. The molecule has 1 heterocycles. The fraction of sp³-hybridized carbons (Fsp3) is 0.758. The number of carbonyl (C=O) groups excluding carboxylic acids is 1. The summed E-state index contributed by atoms with van der Waals surface area (Å²) in [5, 5.41) is 14.7. The number of rotatable bonds is 20. The molecule has 7 atom stereocenters. The van der Waals surface area contributed by atoms with Crippen molar-refractivity contribution in [2.24, 2.45) is 16.5 Å². The van der Waals surface area contributed by atoms with Crippen molar-refractivity contribution in [3.05, 3.63) is 34.9 Å². The highest BCUT2D eigenvalue weighted by Gasteiger charge is 2.39. The van der Waals surface area contributed by atoms with E-state index < -0.39 is 30.6 Å². The Labute approximate surface area is 261 Å². The third kappa shape index (κ3) is 15.1. The second-order valence-electron chi connectivity index (χ2n) is 11.9. The van der Waals surface area contributed by atoms with Gasteiger partial charge < -0.3 is 41.0 Å². The maximum Gasteiger partial charge on any atom is 0.244 e. The first-order valence-corrected chi connectivity index (χ1v) is 15.8. The highest BCUT2D eigenvalue weighted by atomic mass is 16.7. The van der Waals surface area contributed by atoms with Crippen LogP contribution in [0.2, 0.25) is 0 Å². The first kappa shape index (κ1) is 39.1. The number of nitrogens with two attached hydrogens (primary N) is 2. The number of nitrogens with one attached hydrogen (secondary N) is 1. The molecular weight excluding hydrogens is 546 g/mol. The third-order valence-electron chi connectivity index (χ3n) is 7.87. The van der Waals surface area contributed by atoms with Gasteiger partial charge in [0, 0.05) is 33.5 Å². The van der Waals surface area contributed by atoms with Crippen molar-refractivity contribution in [1.82, 2.24) is 10.2 Å². The standard InChI is InChI=1S/C33H61N5O5/c1-9-36-21-27-16-17-28(35)33(43-27)42-26(6)32(40)31(29(20-34)41-8)38(7)30(39)22-37-19-18-25(5)15-11-14-24(4)13-10-12-23(2)3/h12,14,18-19,26-29,31-33,36,40H,9-11,13,15-17,20-22,34-35H2,1-8H3/b24-14+,25-18+,37-19+/t26-,27?,28?,29-,31?,32?,33-/m0/s1. The lowest BCUT2D eigenvalue weighted by molar-refractivity contribution is -0.238. The van der Waals surface area contributed by atoms with E-state index in [2.05, 4.69) is 50.2 Å². The zero-order valence-corrected chi connectivity index (χ0v) is 28.1. The van der Waals surface area contributed by atoms with Crippen LogP contribution in [-0.4, -0.2) is 105 Å². The maximum atomic E-state index is 13.1. The van der Waals surface area contributed by atoms with Crippen LogP contribution < -0.4 is 16.8 Å². The monoisotopic (exact) mass is 607 g/mol. The summed E-state index contributed by atoms with van der Waals surface area (Å²) in [5.41, 5.74) is 16.2. The highest BCUT2D eigenvalue weighted by molar-refractivity contribution is 5.81. The van der Waals surface area contributed by atoms with Crippen LogP contribution in [0, 0.1) is 0 Å². The Morgan fingerprint density at radius 2 is 1.84 bits per heavy atom. The van der Waals surface area contributed by atoms with Gasteiger partial charge in [-0.15, -0.1) is 0 Å². The van der Waals surface area contributed by atoms with Crippen molar-refractivity contribution in [2.75, 3.05) is 40.3 Å². The first-order chi connectivity index (χ1) is 20.4. The van der Waals surface area contributed by atoms with E-state index in [-0.39, 0.29) is 31.1 Å². The van der Waals surface area contributed by atoms with Crippen LogP contribution in [0.15, 0.2) is 39.9 Å². The van der Waals surface area contributed by atoms with E-state index in [0.29, 0.717) is 6.54 Å². The zero-order chi connectivity index (χ0) is 32.4. The molecule has 0 bridgehead atoms. The minimum Gasteiger partial charge on any atom is -0.388 e. The zero-order valence-electron chi connectivity index (χ0n) is 28.1. The number of aliphatic hydroxyl groups is 1. The Morgan fingerprint density at radius 3 is 2.47 bits per heavy atom. The molecule has 0 aliphatic carbocycles. The summed E-state index contributed by atoms with van der Waals surface area (Å²) in [7, 11) is 3.14. The van der Waals surface area contributed by atoms with Crippen LogP contribution in [-0.2, 0) is 19.0 Å². The van der Waals surface area contributed by atoms with Crippen molar-refractivity contribution in [3.8, 4) is 0 Å². The maximum absolute atomic E-state index is 13.1. The average Bonchev–Trinajstić information content (AvgIpc) is 2.97. The number of aliphatic hydroxyl groups excluding tert-OH is 1. The number of likely N-dealkylation sites (N-methyl/N-ethyl adjacent to an activating group) is 2. The molecule has 1 aliphatic rings. The van der Waals surface area contributed by atoms with Crippen molar-refractivity contribution in [3.63, 3.8) is 0 Å². The second-order valence-corrected chi connectivity index (χ2v) is 11.9. The molecule has 0 spiro atoms. The van der Waals surface area contributed by atoms with Gasteiger partial charge in [0.05, 0.1) is 30.4 Å². The summed E-state index contributed by atoms with van der Waals surface area (Å²) in [4.78, 5) is 18.9. The number of hydrogen-bond donors (Lipinski definition) is 4. The summed E-state index contributed by atoms with van der Waals surface area (Å²) in [6.07, 6.45) is 10.8. The summed E-state index contributed by atoms with van der Waals surface area (Å²) >= 11 is 0. The van der Waals surface area contributed by atoms with Gasteiger partial charge in [-0.25, -0.2) is 0 Å². The van der Waals surface area contributed by atoms with Crippen molar-refractivity contribution in [1.29, 1.82) is 0 Å². The van der Waals surface area contributed by atoms with Crippen LogP contribution in [0.1, 0.15) is 80.1 Å². The molecule has 0 saturated carbocycles. The number of nitrogens with zero attached hydrogens (tertiary/aromatic N) is 2. The lowest BCUT2D eigenvalue weighted by Crippen LogP contribution is -2.59. The molecule has 4 unspecified atom stereocenters. The van der Waals surface area contributed by atoms with E-state index in [1.807, 2.05) is 13.0 Å². The molecule has 43 heavy (non-hydrogen) atoms. The quantitative estimate of drug-likeness (QED) is 0.122. The van der Waals surface area contributed by atoms with Crippen LogP contribution in [0.3, 0.4) is 0 Å². The SMILES string of the molecule is CCNCC1CCC(N)[C@@H](O[C@@H](C)C(O)C([C@H](CN)OC)N(C)C(=O)C/N=C/C=C(\C)CC/C=C(\C)CCC=C(C)C)O1. The minimum atomic E-state index is -1.10. The van der Waals surface area contributed by atoms with E-state index in [0.717, 1.165) is 45.1 Å². The third-order valence-corrected chi connectivity index (χ3v) is 7.87. The number of aliphatic imine (C=N–C) groups is 1. The fourth-order valence-corrected chi connectivity index (χ4v) is 5.01. The molecule has 0 radical (unpaired) electrons. The van der Waals surface area contributed by atoms with Crippen LogP contribution in [0.4, 0.5) is 0 Å². The Balaban J connectivity index is 2.76. The number of hydrogen-bond acceptors (Lipinski definition) is 9. The topological polar surface area (TPSA) is 145 Å². The van der Waals surface area contributed by atoms with Gasteiger partial charge in [0.2, 0.25) is 5.91 Å². The predicted octanol–water partition coefficient (Wildman–Crippen LogP) is 3.49. The molecular formula is C33H61N5O5. The van der Waals surface area contributed by atoms with Crippen LogP contribution in [0.25, 0.3) is 0 Å². The van der Waals surface area contributed by atoms with Gasteiger partial charge in [-0.2, -0.15) is 0 Å². The Bertz CT molecular complexity index is 911. The highest BCUT2D eigenvalue weighted by Crippen LogP contribution is 2.23. The molecule has 1 aliphatic heterocycles. The normalized spacial score (nSPS) is 22.7. The average molecular weight is 608 g/mol. The van der Waals surface area contributed by atoms with Crippen molar-refractivity contribution in [2.45, 2.75) is 123 Å². The van der Waals surface area contributed by atoms with E-state index in [1.54, 1.807) is 20.2 Å². The molecule has 6 N–H and O–H groups in total. The van der Waals surface area contributed by atoms with Crippen molar-refractivity contribution < 1.29 is 24.1 Å². The summed E-state index contributed by atoms with van der Waals surface area (Å²) < 4.78 is 17.8. The molecule has 10 nitrogen and oxygen atoms in total. The first-order valence-electron chi connectivity index (χ1n) is 15.8. The largest absolute Gasteiger partial charge is 0.388 e. The van der Waals surface area contributed by atoms with Gasteiger partial charge in [0.1, 0.15) is 12.6 Å². The Hall–Kier alpha value is -1.92. The molecule has 248 valence electrons. The van der Waals surface area contributed by atoms with E-state index in [9.17, 15) is 9.90 Å². The molecule has 1 fully saturated rings. The second kappa shape index (κ2) is 21.7. The van der Waals surface area contributed by atoms with Gasteiger partial charge in [-0.1, -0.05) is 35.8 Å². The molecule has 1 rings (SSSR count). The minimum absolute atomic E-state index is 0.0152. The Kier molecular flexibility index (Phi) is 19.8. The van der Waals surface area contributed by atoms with Gasteiger partial charge in [-0.05, 0) is 85.8 Å². The number of ether oxygens (including phenoxy) is 3. The number of allylic oxidation sites excluding steroid dienone is 6. The lowest BCUT2D eigenvalue weighted by atomic mass is 9.98. The Morgan fingerprint density at radius 1 is 1.16 bits per heavy atom. The predicted molar refractivity (Wildman–Crippen MR) is 176 cm³/mol. The van der Waals surface area contributed by atoms with Gasteiger partial charge in [0.15, 0.2) is 6.29 Å². The van der Waals surface area contributed by atoms with E-state index in [4.69, 9.17) is 25.7 Å². The van der Waals surface area contributed by atoms with E-state index >= 15 is 0 Å². The van der Waals surface area contributed by atoms with Crippen LogP contribution in [0.5, 0.6) is 0 Å². The molecule has 0 aromatic carbocycles. The lowest BCUT2D eigenvalue weighted by Gasteiger charge is -2.41. The summed E-state index contributed by atoms with van der Waals surface area (Å²) in [6, 6.07) is -1.06. The van der Waals surface area contributed by atoms with Crippen molar-refractivity contribution >= 4 is 12.1 Å². The molecule has 0 aromatic heterocycles. The molecule has 10 heteroatoms. The van der Waals surface area contributed by atoms with Gasteiger partial charge >= 0.3 is 0 Å². The van der Waals surface area contributed by atoms with Gasteiger partial charge in [-0.3, -0.25) is 9.79 Å². The van der Waals surface area contributed by atoms with Crippen LogP contribution >= 0.6 is 0 Å². The smallest absolute Gasteiger partial charge is 0.244 e.